The van der Waals surface area contributed by atoms with Crippen molar-refractivity contribution in [3.63, 3.8) is 0 Å². The molecule has 2 N–H and O–H groups in total. The van der Waals surface area contributed by atoms with Crippen LogP contribution in [0.3, 0.4) is 0 Å². The number of likely N-dealkylation sites (N-methyl/N-ethyl adjacent to an activating group) is 1. The predicted octanol–water partition coefficient (Wildman–Crippen LogP) is 4.41. The van der Waals surface area contributed by atoms with Crippen molar-refractivity contribution in [3.05, 3.63) is 29.8 Å². The van der Waals surface area contributed by atoms with Crippen molar-refractivity contribution < 1.29 is 19.7 Å². The number of ether oxygens (including phenoxy) is 1. The van der Waals surface area contributed by atoms with Crippen molar-refractivity contribution in [2.24, 2.45) is 0 Å². The van der Waals surface area contributed by atoms with Crippen LogP contribution in [-0.4, -0.2) is 53.9 Å². The van der Waals surface area contributed by atoms with E-state index in [4.69, 9.17) is 9.84 Å². The van der Waals surface area contributed by atoms with E-state index in [1.807, 2.05) is 0 Å². The third-order valence-corrected chi connectivity index (χ3v) is 4.91. The van der Waals surface area contributed by atoms with Crippen LogP contribution in [0.15, 0.2) is 24.3 Å². The van der Waals surface area contributed by atoms with Gasteiger partial charge >= 0.3 is 0 Å². The lowest BCUT2D eigenvalue weighted by Crippen LogP contribution is -2.35. The first kappa shape index (κ1) is 24.4. The van der Waals surface area contributed by atoms with Crippen LogP contribution in [0.1, 0.15) is 81.5 Å². The molecule has 0 aliphatic rings. The molecular formula is C23H39NO4. The van der Waals surface area contributed by atoms with E-state index in [0.29, 0.717) is 12.2 Å². The number of carbonyl (C=O) groups excluding carboxylic acids is 1. The Kier molecular flexibility index (Phi) is 13.4. The maximum Gasteiger partial charge on any atom is 0.253 e. The number of rotatable bonds is 16. The Morgan fingerprint density at radius 3 is 2.04 bits per heavy atom. The summed E-state index contributed by atoms with van der Waals surface area (Å²) in [5.74, 6) is 0.583. The summed E-state index contributed by atoms with van der Waals surface area (Å²) in [4.78, 5) is 13.7. The quantitative estimate of drug-likeness (QED) is 0.408. The van der Waals surface area contributed by atoms with Gasteiger partial charge in [-0.15, -0.1) is 0 Å². The van der Waals surface area contributed by atoms with Gasteiger partial charge in [-0.2, -0.15) is 0 Å². The molecule has 0 aromatic heterocycles. The molecule has 0 heterocycles. The van der Waals surface area contributed by atoms with Crippen molar-refractivity contribution >= 4 is 5.91 Å². The number of hydrogen-bond acceptors (Lipinski definition) is 4. The van der Waals surface area contributed by atoms with Gasteiger partial charge in [-0.3, -0.25) is 4.79 Å². The van der Waals surface area contributed by atoms with E-state index in [2.05, 4.69) is 6.92 Å². The summed E-state index contributed by atoms with van der Waals surface area (Å²) < 4.78 is 5.76. The number of amides is 1. The highest BCUT2D eigenvalue weighted by Gasteiger charge is 2.14. The second kappa shape index (κ2) is 15.3. The number of benzene rings is 1. The molecule has 0 radical (unpaired) electrons. The molecule has 1 amide bonds. The average molecular weight is 394 g/mol. The Labute approximate surface area is 170 Å². The molecule has 5 heteroatoms. The van der Waals surface area contributed by atoms with Gasteiger partial charge in [0.15, 0.2) is 0 Å². The molecule has 160 valence electrons. The fourth-order valence-electron chi connectivity index (χ4n) is 3.15. The zero-order chi connectivity index (χ0) is 20.6. The number of unbranched alkanes of at least 4 members (excludes halogenated alkanes) is 9. The SMILES string of the molecule is CCCCCCCCCCCCOc1ccc(C(=O)N(C)CC(O)CO)cc1. The second-order valence-electron chi connectivity index (χ2n) is 7.58. The van der Waals surface area contributed by atoms with Crippen LogP contribution in [0, 0.1) is 0 Å². The molecule has 0 saturated carbocycles. The highest BCUT2D eigenvalue weighted by molar-refractivity contribution is 5.94. The van der Waals surface area contributed by atoms with Gasteiger partial charge in [-0.1, -0.05) is 64.7 Å². The Hall–Kier alpha value is -1.59. The second-order valence-corrected chi connectivity index (χ2v) is 7.58. The predicted molar refractivity (Wildman–Crippen MR) is 114 cm³/mol. The fourth-order valence-corrected chi connectivity index (χ4v) is 3.15. The lowest BCUT2D eigenvalue weighted by atomic mass is 10.1. The standard InChI is InChI=1S/C23H39NO4/c1-3-4-5-6-7-8-9-10-11-12-17-28-22-15-13-20(14-16-22)23(27)24(2)18-21(26)19-25/h13-16,21,25-26H,3-12,17-19H2,1-2H3. The maximum atomic E-state index is 12.3. The monoisotopic (exact) mass is 393 g/mol. The van der Waals surface area contributed by atoms with Crippen LogP contribution in [0.25, 0.3) is 0 Å². The summed E-state index contributed by atoms with van der Waals surface area (Å²) in [5.41, 5.74) is 0.541. The third-order valence-electron chi connectivity index (χ3n) is 4.91. The molecule has 0 aliphatic heterocycles. The molecule has 0 saturated heterocycles. The van der Waals surface area contributed by atoms with E-state index >= 15 is 0 Å². The molecule has 1 aromatic rings. The summed E-state index contributed by atoms with van der Waals surface area (Å²) in [6.07, 6.45) is 12.1. The van der Waals surface area contributed by atoms with E-state index in [9.17, 15) is 9.90 Å². The molecule has 0 spiro atoms. The molecule has 1 aromatic carbocycles. The molecule has 0 fully saturated rings. The lowest BCUT2D eigenvalue weighted by Gasteiger charge is -2.19. The minimum atomic E-state index is -0.919. The van der Waals surface area contributed by atoms with Gasteiger partial charge < -0.3 is 19.8 Å². The Bertz CT molecular complexity index is 518. The molecule has 28 heavy (non-hydrogen) atoms. The number of hydrogen-bond donors (Lipinski definition) is 2. The van der Waals surface area contributed by atoms with Gasteiger partial charge in [0.2, 0.25) is 0 Å². The number of nitrogens with zero attached hydrogens (tertiary/aromatic N) is 1. The minimum Gasteiger partial charge on any atom is -0.494 e. The van der Waals surface area contributed by atoms with Crippen molar-refractivity contribution in [3.8, 4) is 5.75 Å². The van der Waals surface area contributed by atoms with Crippen molar-refractivity contribution in [2.75, 3.05) is 26.8 Å². The summed E-state index contributed by atoms with van der Waals surface area (Å²) in [7, 11) is 1.61. The van der Waals surface area contributed by atoms with E-state index in [-0.39, 0.29) is 19.1 Å². The zero-order valence-electron chi connectivity index (χ0n) is 17.7. The smallest absolute Gasteiger partial charge is 0.253 e. The first-order valence-electron chi connectivity index (χ1n) is 10.9. The minimum absolute atomic E-state index is 0.103. The highest BCUT2D eigenvalue weighted by atomic mass is 16.5. The number of aliphatic hydroxyl groups excluding tert-OH is 2. The zero-order valence-corrected chi connectivity index (χ0v) is 17.7. The van der Waals surface area contributed by atoms with Gasteiger partial charge in [-0.05, 0) is 30.7 Å². The van der Waals surface area contributed by atoms with Gasteiger partial charge in [0.25, 0.3) is 5.91 Å². The topological polar surface area (TPSA) is 70.0 Å². The van der Waals surface area contributed by atoms with Crippen molar-refractivity contribution in [2.45, 2.75) is 77.2 Å². The van der Waals surface area contributed by atoms with Gasteiger partial charge in [0.05, 0.1) is 19.3 Å². The summed E-state index contributed by atoms with van der Waals surface area (Å²) in [6.45, 7) is 2.70. The summed E-state index contributed by atoms with van der Waals surface area (Å²) in [6, 6.07) is 7.08. The van der Waals surface area contributed by atoms with Crippen LogP contribution in [0.5, 0.6) is 5.75 Å². The number of carbonyl (C=O) groups is 1. The van der Waals surface area contributed by atoms with Gasteiger partial charge in [0, 0.05) is 19.2 Å². The van der Waals surface area contributed by atoms with E-state index < -0.39 is 6.10 Å². The summed E-state index contributed by atoms with van der Waals surface area (Å²) >= 11 is 0. The molecule has 5 nitrogen and oxygen atoms in total. The maximum absolute atomic E-state index is 12.3. The first-order chi connectivity index (χ1) is 13.6. The highest BCUT2D eigenvalue weighted by Crippen LogP contribution is 2.15. The van der Waals surface area contributed by atoms with Gasteiger partial charge in [0.1, 0.15) is 5.75 Å². The number of aliphatic hydroxyl groups is 2. The Morgan fingerprint density at radius 1 is 0.964 bits per heavy atom. The molecular weight excluding hydrogens is 354 g/mol. The molecule has 1 unspecified atom stereocenters. The van der Waals surface area contributed by atoms with E-state index in [1.54, 1.807) is 31.3 Å². The third kappa shape index (κ3) is 10.7. The first-order valence-corrected chi connectivity index (χ1v) is 10.9. The Balaban J connectivity index is 2.14. The van der Waals surface area contributed by atoms with Crippen LogP contribution in [-0.2, 0) is 0 Å². The van der Waals surface area contributed by atoms with Crippen LogP contribution in [0.4, 0.5) is 0 Å². The van der Waals surface area contributed by atoms with E-state index in [0.717, 1.165) is 12.2 Å². The summed E-state index contributed by atoms with van der Waals surface area (Å²) in [5, 5.41) is 18.3. The normalized spacial score (nSPS) is 12.0. The van der Waals surface area contributed by atoms with Crippen molar-refractivity contribution in [1.82, 2.24) is 4.90 Å². The van der Waals surface area contributed by atoms with Crippen LogP contribution in [0.2, 0.25) is 0 Å². The fraction of sp³-hybridized carbons (Fsp3) is 0.696. The Morgan fingerprint density at radius 2 is 1.50 bits per heavy atom. The molecule has 1 atom stereocenters. The average Bonchev–Trinajstić information content (AvgIpc) is 2.71. The molecule has 0 aliphatic carbocycles. The molecule has 1 rings (SSSR count). The lowest BCUT2D eigenvalue weighted by molar-refractivity contribution is 0.0520. The van der Waals surface area contributed by atoms with Gasteiger partial charge in [-0.25, -0.2) is 0 Å². The van der Waals surface area contributed by atoms with Crippen LogP contribution >= 0.6 is 0 Å². The van der Waals surface area contributed by atoms with Crippen molar-refractivity contribution in [1.29, 1.82) is 0 Å². The van der Waals surface area contributed by atoms with E-state index in [1.165, 1.54) is 62.7 Å². The largest absolute Gasteiger partial charge is 0.494 e. The molecule has 0 bridgehead atoms. The van der Waals surface area contributed by atoms with Crippen LogP contribution < -0.4 is 4.74 Å².